The predicted molar refractivity (Wildman–Crippen MR) is 64.0 cm³/mol. The van der Waals surface area contributed by atoms with E-state index in [2.05, 4.69) is 35.4 Å². The Kier molecular flexibility index (Phi) is 5.29. The van der Waals surface area contributed by atoms with Gasteiger partial charge in [0.15, 0.2) is 0 Å². The van der Waals surface area contributed by atoms with Crippen LogP contribution in [0.25, 0.3) is 0 Å². The van der Waals surface area contributed by atoms with Crippen LogP contribution in [0.15, 0.2) is 24.5 Å². The number of nitrogens with zero attached hydrogens (tertiary/aromatic N) is 2. The van der Waals surface area contributed by atoms with Gasteiger partial charge in [0.2, 0.25) is 0 Å². The van der Waals surface area contributed by atoms with Gasteiger partial charge in [-0.05, 0) is 52.2 Å². The van der Waals surface area contributed by atoms with Crippen molar-refractivity contribution in [3.05, 3.63) is 30.1 Å². The number of pyridine rings is 1. The lowest BCUT2D eigenvalue weighted by Gasteiger charge is -2.18. The number of aromatic nitrogens is 1. The van der Waals surface area contributed by atoms with Crippen molar-refractivity contribution < 1.29 is 0 Å². The van der Waals surface area contributed by atoms with Gasteiger partial charge < -0.3 is 10.2 Å². The van der Waals surface area contributed by atoms with E-state index in [1.165, 1.54) is 12.0 Å². The topological polar surface area (TPSA) is 28.2 Å². The fourth-order valence-electron chi connectivity index (χ4n) is 1.57. The molecule has 1 rings (SSSR count). The van der Waals surface area contributed by atoms with Crippen LogP contribution < -0.4 is 5.32 Å². The summed E-state index contributed by atoms with van der Waals surface area (Å²) in [5.41, 5.74) is 1.30. The van der Waals surface area contributed by atoms with E-state index in [4.69, 9.17) is 0 Å². The Labute approximate surface area is 92.5 Å². The van der Waals surface area contributed by atoms with Crippen molar-refractivity contribution in [3.63, 3.8) is 0 Å². The smallest absolute Gasteiger partial charge is 0.0300 e. The van der Waals surface area contributed by atoms with Gasteiger partial charge in [-0.3, -0.25) is 4.98 Å². The Morgan fingerprint density at radius 2 is 2.27 bits per heavy atom. The molecule has 3 heteroatoms. The maximum Gasteiger partial charge on any atom is 0.0300 e. The van der Waals surface area contributed by atoms with Gasteiger partial charge in [0.25, 0.3) is 0 Å². The van der Waals surface area contributed by atoms with Crippen molar-refractivity contribution in [1.82, 2.24) is 15.2 Å². The maximum absolute atomic E-state index is 4.13. The Balaban J connectivity index is 2.40. The molecule has 0 aromatic carbocycles. The first-order chi connectivity index (χ1) is 7.22. The molecule has 3 nitrogen and oxygen atoms in total. The first-order valence-corrected chi connectivity index (χ1v) is 5.43. The first kappa shape index (κ1) is 12.1. The third-order valence-corrected chi connectivity index (χ3v) is 2.54. The summed E-state index contributed by atoms with van der Waals surface area (Å²) in [5.74, 6) is 0. The number of nitrogens with one attached hydrogen (secondary N) is 1. The molecule has 1 unspecified atom stereocenters. The third-order valence-electron chi connectivity index (χ3n) is 2.54. The molecular weight excluding hydrogens is 186 g/mol. The molecule has 0 saturated heterocycles. The van der Waals surface area contributed by atoms with Gasteiger partial charge in [0.1, 0.15) is 0 Å². The van der Waals surface area contributed by atoms with Gasteiger partial charge in [-0.15, -0.1) is 0 Å². The summed E-state index contributed by atoms with van der Waals surface area (Å²) in [4.78, 5) is 6.34. The molecule has 1 N–H and O–H groups in total. The molecule has 0 aliphatic rings. The van der Waals surface area contributed by atoms with E-state index >= 15 is 0 Å². The number of likely N-dealkylation sites (N-methyl/N-ethyl adjacent to an activating group) is 1. The fourth-order valence-corrected chi connectivity index (χ4v) is 1.57. The van der Waals surface area contributed by atoms with Gasteiger partial charge in [-0.1, -0.05) is 6.07 Å². The molecule has 1 atom stereocenters. The highest BCUT2D eigenvalue weighted by atomic mass is 15.1. The molecule has 1 heterocycles. The predicted octanol–water partition coefficient (Wildman–Crippen LogP) is 1.16. The van der Waals surface area contributed by atoms with Gasteiger partial charge >= 0.3 is 0 Å². The summed E-state index contributed by atoms with van der Waals surface area (Å²) in [5, 5.41) is 3.35. The number of rotatable bonds is 6. The Hall–Kier alpha value is -0.930. The molecule has 0 aliphatic heterocycles. The molecule has 0 fully saturated rings. The Morgan fingerprint density at radius 3 is 2.80 bits per heavy atom. The van der Waals surface area contributed by atoms with Crippen LogP contribution in [0.3, 0.4) is 0 Å². The molecule has 1 aromatic heterocycles. The zero-order valence-electron chi connectivity index (χ0n) is 9.90. The average molecular weight is 207 g/mol. The summed E-state index contributed by atoms with van der Waals surface area (Å²) in [7, 11) is 6.24. The lowest BCUT2D eigenvalue weighted by atomic mass is 10.1. The molecule has 1 aromatic rings. The van der Waals surface area contributed by atoms with E-state index in [-0.39, 0.29) is 0 Å². The Bertz CT molecular complexity index is 259. The molecule has 84 valence electrons. The van der Waals surface area contributed by atoms with Crippen molar-refractivity contribution in [1.29, 1.82) is 0 Å². The SMILES string of the molecule is CNC(CCN(C)C)Cc1cccnc1. The summed E-state index contributed by atoms with van der Waals surface area (Å²) >= 11 is 0. The van der Waals surface area contributed by atoms with Crippen LogP contribution >= 0.6 is 0 Å². The molecular formula is C12H21N3. The van der Waals surface area contributed by atoms with Crippen molar-refractivity contribution in [2.45, 2.75) is 18.9 Å². The summed E-state index contributed by atoms with van der Waals surface area (Å²) in [6, 6.07) is 4.66. The minimum atomic E-state index is 0.539. The van der Waals surface area contributed by atoms with Crippen LogP contribution in [0.5, 0.6) is 0 Å². The van der Waals surface area contributed by atoms with E-state index in [1.54, 1.807) is 0 Å². The van der Waals surface area contributed by atoms with E-state index in [1.807, 2.05) is 25.5 Å². The van der Waals surface area contributed by atoms with Crippen LogP contribution in [0, 0.1) is 0 Å². The van der Waals surface area contributed by atoms with Crippen LogP contribution in [0.4, 0.5) is 0 Å². The van der Waals surface area contributed by atoms with Crippen LogP contribution in [-0.4, -0.2) is 43.6 Å². The van der Waals surface area contributed by atoms with Crippen LogP contribution in [0.1, 0.15) is 12.0 Å². The Morgan fingerprint density at radius 1 is 1.47 bits per heavy atom. The zero-order valence-corrected chi connectivity index (χ0v) is 9.90. The number of hydrogen-bond donors (Lipinski definition) is 1. The zero-order chi connectivity index (χ0) is 11.1. The lowest BCUT2D eigenvalue weighted by molar-refractivity contribution is 0.364. The number of hydrogen-bond acceptors (Lipinski definition) is 3. The van der Waals surface area contributed by atoms with Crippen LogP contribution in [0.2, 0.25) is 0 Å². The van der Waals surface area contributed by atoms with E-state index in [0.717, 1.165) is 13.0 Å². The molecule has 0 radical (unpaired) electrons. The van der Waals surface area contributed by atoms with E-state index in [0.29, 0.717) is 6.04 Å². The van der Waals surface area contributed by atoms with E-state index in [9.17, 15) is 0 Å². The summed E-state index contributed by atoms with van der Waals surface area (Å²) < 4.78 is 0. The molecule has 15 heavy (non-hydrogen) atoms. The summed E-state index contributed by atoms with van der Waals surface area (Å²) in [6.45, 7) is 1.12. The lowest BCUT2D eigenvalue weighted by Crippen LogP contribution is -2.31. The molecule has 0 spiro atoms. The highest BCUT2D eigenvalue weighted by Gasteiger charge is 2.07. The van der Waals surface area contributed by atoms with Gasteiger partial charge in [0.05, 0.1) is 0 Å². The quantitative estimate of drug-likeness (QED) is 0.759. The van der Waals surface area contributed by atoms with Crippen LogP contribution in [-0.2, 0) is 6.42 Å². The second kappa shape index (κ2) is 6.53. The monoisotopic (exact) mass is 207 g/mol. The second-order valence-electron chi connectivity index (χ2n) is 4.14. The van der Waals surface area contributed by atoms with Crippen molar-refractivity contribution in [2.24, 2.45) is 0 Å². The normalized spacial score (nSPS) is 13.1. The minimum Gasteiger partial charge on any atom is -0.317 e. The van der Waals surface area contributed by atoms with Crippen molar-refractivity contribution >= 4 is 0 Å². The minimum absolute atomic E-state index is 0.539. The first-order valence-electron chi connectivity index (χ1n) is 5.43. The maximum atomic E-state index is 4.13. The third kappa shape index (κ3) is 4.91. The van der Waals surface area contributed by atoms with Gasteiger partial charge in [0, 0.05) is 18.4 Å². The van der Waals surface area contributed by atoms with Gasteiger partial charge in [-0.2, -0.15) is 0 Å². The van der Waals surface area contributed by atoms with E-state index < -0.39 is 0 Å². The van der Waals surface area contributed by atoms with Crippen molar-refractivity contribution in [3.8, 4) is 0 Å². The summed E-state index contributed by atoms with van der Waals surface area (Å²) in [6.07, 6.45) is 5.98. The molecule has 0 bridgehead atoms. The highest BCUT2D eigenvalue weighted by molar-refractivity contribution is 5.10. The largest absolute Gasteiger partial charge is 0.317 e. The molecule has 0 amide bonds. The standard InChI is InChI=1S/C12H21N3/c1-13-12(6-8-15(2)3)9-11-5-4-7-14-10-11/h4-5,7,10,12-13H,6,8-9H2,1-3H3. The fraction of sp³-hybridized carbons (Fsp3) is 0.583. The highest BCUT2D eigenvalue weighted by Crippen LogP contribution is 2.04. The average Bonchev–Trinajstić information content (AvgIpc) is 2.25. The molecule has 0 aliphatic carbocycles. The second-order valence-corrected chi connectivity index (χ2v) is 4.14. The molecule has 0 saturated carbocycles. The van der Waals surface area contributed by atoms with Crippen molar-refractivity contribution in [2.75, 3.05) is 27.7 Å². The van der Waals surface area contributed by atoms with Gasteiger partial charge in [-0.25, -0.2) is 0 Å².